The van der Waals surface area contributed by atoms with E-state index in [2.05, 4.69) is 29.4 Å². The van der Waals surface area contributed by atoms with Gasteiger partial charge >= 0.3 is 0 Å². The number of amides is 1. The Kier molecular flexibility index (Phi) is 6.58. The SMILES string of the molecule is CCCC(CCC)C(=O)Nc1cccc(-c2nnc(-c3ccc(C)cc3)o2)c1. The molecule has 0 bridgehead atoms. The van der Waals surface area contributed by atoms with Crippen molar-refractivity contribution >= 4 is 11.6 Å². The van der Waals surface area contributed by atoms with E-state index in [1.54, 1.807) is 0 Å². The molecule has 1 heterocycles. The normalized spacial score (nSPS) is 11.0. The minimum atomic E-state index is 0.0511. The molecule has 0 atom stereocenters. The standard InChI is InChI=1S/C23H27N3O2/c1-4-7-17(8-5-2)21(27)24-20-10-6-9-19(15-20)23-26-25-22(28-23)18-13-11-16(3)12-14-18/h6,9-15,17H,4-5,7-8H2,1-3H3,(H,24,27). The molecule has 2 aromatic carbocycles. The van der Waals surface area contributed by atoms with Gasteiger partial charge in [-0.25, -0.2) is 0 Å². The van der Waals surface area contributed by atoms with Gasteiger partial charge in [-0.2, -0.15) is 0 Å². The van der Waals surface area contributed by atoms with Gasteiger partial charge in [0, 0.05) is 22.7 Å². The van der Waals surface area contributed by atoms with E-state index in [0.29, 0.717) is 11.8 Å². The summed E-state index contributed by atoms with van der Waals surface area (Å²) in [6.45, 7) is 6.25. The first-order chi connectivity index (χ1) is 13.6. The van der Waals surface area contributed by atoms with Gasteiger partial charge in [-0.05, 0) is 50.1 Å². The average Bonchev–Trinajstić information content (AvgIpc) is 3.19. The van der Waals surface area contributed by atoms with Gasteiger partial charge in [0.2, 0.25) is 17.7 Å². The Morgan fingerprint density at radius 3 is 2.25 bits per heavy atom. The minimum absolute atomic E-state index is 0.0511. The van der Waals surface area contributed by atoms with Crippen LogP contribution in [0.25, 0.3) is 22.9 Å². The summed E-state index contributed by atoms with van der Waals surface area (Å²) in [5, 5.41) is 11.4. The molecule has 0 unspecified atom stereocenters. The number of aromatic nitrogens is 2. The zero-order valence-corrected chi connectivity index (χ0v) is 16.7. The third-order valence-electron chi connectivity index (χ3n) is 4.75. The first-order valence-corrected chi connectivity index (χ1v) is 9.92. The molecule has 0 fully saturated rings. The van der Waals surface area contributed by atoms with E-state index in [4.69, 9.17) is 4.42 Å². The zero-order chi connectivity index (χ0) is 19.9. The van der Waals surface area contributed by atoms with Crippen LogP contribution < -0.4 is 5.32 Å². The van der Waals surface area contributed by atoms with Crippen LogP contribution in [-0.2, 0) is 4.79 Å². The fourth-order valence-corrected chi connectivity index (χ4v) is 3.23. The van der Waals surface area contributed by atoms with Gasteiger partial charge in [0.25, 0.3) is 0 Å². The summed E-state index contributed by atoms with van der Waals surface area (Å²) in [6.07, 6.45) is 3.82. The molecular formula is C23H27N3O2. The van der Waals surface area contributed by atoms with Crippen molar-refractivity contribution in [3.8, 4) is 22.9 Å². The number of aryl methyl sites for hydroxylation is 1. The van der Waals surface area contributed by atoms with Crippen molar-refractivity contribution in [1.82, 2.24) is 10.2 Å². The molecule has 146 valence electrons. The fraction of sp³-hybridized carbons (Fsp3) is 0.348. The summed E-state index contributed by atoms with van der Waals surface area (Å²) in [5.41, 5.74) is 3.59. The van der Waals surface area contributed by atoms with Crippen molar-refractivity contribution in [3.05, 3.63) is 54.1 Å². The van der Waals surface area contributed by atoms with E-state index in [0.717, 1.165) is 42.5 Å². The smallest absolute Gasteiger partial charge is 0.248 e. The molecule has 0 radical (unpaired) electrons. The summed E-state index contributed by atoms with van der Waals surface area (Å²) in [6, 6.07) is 15.5. The second kappa shape index (κ2) is 9.31. The van der Waals surface area contributed by atoms with Crippen molar-refractivity contribution in [2.45, 2.75) is 46.5 Å². The molecule has 0 aliphatic rings. The number of rotatable bonds is 8. The summed E-state index contributed by atoms with van der Waals surface area (Å²) < 4.78 is 5.85. The van der Waals surface area contributed by atoms with Crippen LogP contribution in [0.2, 0.25) is 0 Å². The third-order valence-corrected chi connectivity index (χ3v) is 4.75. The quantitative estimate of drug-likeness (QED) is 0.533. The first kappa shape index (κ1) is 19.8. The van der Waals surface area contributed by atoms with E-state index < -0.39 is 0 Å². The zero-order valence-electron chi connectivity index (χ0n) is 16.7. The molecule has 0 aliphatic carbocycles. The molecule has 0 saturated heterocycles. The van der Waals surface area contributed by atoms with Crippen LogP contribution in [0, 0.1) is 12.8 Å². The van der Waals surface area contributed by atoms with Gasteiger partial charge in [-0.1, -0.05) is 50.5 Å². The summed E-state index contributed by atoms with van der Waals surface area (Å²) in [7, 11) is 0. The van der Waals surface area contributed by atoms with E-state index in [-0.39, 0.29) is 11.8 Å². The molecule has 5 nitrogen and oxygen atoms in total. The van der Waals surface area contributed by atoms with E-state index in [1.165, 1.54) is 5.56 Å². The van der Waals surface area contributed by atoms with E-state index in [1.807, 2.05) is 55.5 Å². The Labute approximate surface area is 166 Å². The maximum atomic E-state index is 12.6. The highest BCUT2D eigenvalue weighted by Crippen LogP contribution is 2.26. The highest BCUT2D eigenvalue weighted by Gasteiger charge is 2.17. The number of nitrogens with one attached hydrogen (secondary N) is 1. The Bertz CT molecular complexity index is 910. The van der Waals surface area contributed by atoms with Crippen molar-refractivity contribution in [2.75, 3.05) is 5.32 Å². The number of nitrogens with zero attached hydrogens (tertiary/aromatic N) is 2. The van der Waals surface area contributed by atoms with E-state index in [9.17, 15) is 4.79 Å². The van der Waals surface area contributed by atoms with Crippen LogP contribution in [-0.4, -0.2) is 16.1 Å². The molecule has 3 rings (SSSR count). The molecule has 0 spiro atoms. The van der Waals surface area contributed by atoms with Crippen LogP contribution in [0.1, 0.15) is 45.1 Å². The maximum absolute atomic E-state index is 12.6. The largest absolute Gasteiger partial charge is 0.416 e. The number of hydrogen-bond donors (Lipinski definition) is 1. The fourth-order valence-electron chi connectivity index (χ4n) is 3.23. The van der Waals surface area contributed by atoms with Crippen LogP contribution >= 0.6 is 0 Å². The molecule has 1 aromatic heterocycles. The highest BCUT2D eigenvalue weighted by molar-refractivity contribution is 5.93. The number of carbonyl (C=O) groups excluding carboxylic acids is 1. The second-order valence-electron chi connectivity index (χ2n) is 7.12. The van der Waals surface area contributed by atoms with Crippen molar-refractivity contribution < 1.29 is 9.21 Å². The molecule has 3 aromatic rings. The molecule has 5 heteroatoms. The Morgan fingerprint density at radius 2 is 1.61 bits per heavy atom. The second-order valence-corrected chi connectivity index (χ2v) is 7.12. The van der Waals surface area contributed by atoms with Gasteiger partial charge in [0.05, 0.1) is 0 Å². The molecule has 28 heavy (non-hydrogen) atoms. The van der Waals surface area contributed by atoms with Crippen LogP contribution in [0.15, 0.2) is 52.9 Å². The lowest BCUT2D eigenvalue weighted by Gasteiger charge is -2.15. The minimum Gasteiger partial charge on any atom is -0.416 e. The van der Waals surface area contributed by atoms with Gasteiger partial charge < -0.3 is 9.73 Å². The van der Waals surface area contributed by atoms with E-state index >= 15 is 0 Å². The first-order valence-electron chi connectivity index (χ1n) is 9.92. The highest BCUT2D eigenvalue weighted by atomic mass is 16.4. The van der Waals surface area contributed by atoms with Crippen LogP contribution in [0.3, 0.4) is 0 Å². The molecular weight excluding hydrogens is 350 g/mol. The van der Waals surface area contributed by atoms with Gasteiger partial charge in [-0.15, -0.1) is 10.2 Å². The monoisotopic (exact) mass is 377 g/mol. The summed E-state index contributed by atoms with van der Waals surface area (Å²) >= 11 is 0. The predicted molar refractivity (Wildman–Crippen MR) is 112 cm³/mol. The topological polar surface area (TPSA) is 68.0 Å². The lowest BCUT2D eigenvalue weighted by Crippen LogP contribution is -2.22. The van der Waals surface area contributed by atoms with Crippen molar-refractivity contribution in [3.63, 3.8) is 0 Å². The lowest BCUT2D eigenvalue weighted by atomic mass is 9.97. The van der Waals surface area contributed by atoms with Gasteiger partial charge in [0.15, 0.2) is 0 Å². The van der Waals surface area contributed by atoms with Crippen molar-refractivity contribution in [2.24, 2.45) is 5.92 Å². The number of carbonyl (C=O) groups is 1. The Balaban J connectivity index is 1.76. The summed E-state index contributed by atoms with van der Waals surface area (Å²) in [5.74, 6) is 1.04. The van der Waals surface area contributed by atoms with Gasteiger partial charge in [-0.3, -0.25) is 4.79 Å². The summed E-state index contributed by atoms with van der Waals surface area (Å²) in [4.78, 5) is 12.6. The lowest BCUT2D eigenvalue weighted by molar-refractivity contribution is -0.120. The Hall–Kier alpha value is -2.95. The number of anilines is 1. The van der Waals surface area contributed by atoms with Gasteiger partial charge in [0.1, 0.15) is 0 Å². The number of hydrogen-bond acceptors (Lipinski definition) is 4. The third kappa shape index (κ3) is 4.85. The van der Waals surface area contributed by atoms with Crippen LogP contribution in [0.5, 0.6) is 0 Å². The molecule has 1 N–H and O–H groups in total. The average molecular weight is 377 g/mol. The molecule has 0 saturated carbocycles. The van der Waals surface area contributed by atoms with Crippen molar-refractivity contribution in [1.29, 1.82) is 0 Å². The molecule has 1 amide bonds. The van der Waals surface area contributed by atoms with Crippen LogP contribution in [0.4, 0.5) is 5.69 Å². The predicted octanol–water partition coefficient (Wildman–Crippen LogP) is 5.87. The maximum Gasteiger partial charge on any atom is 0.248 e. The Morgan fingerprint density at radius 1 is 0.964 bits per heavy atom. The number of benzene rings is 2. The molecule has 0 aliphatic heterocycles.